The smallest absolute Gasteiger partial charge is 0.331 e. The van der Waals surface area contributed by atoms with Crippen LogP contribution in [0.5, 0.6) is 0 Å². The first-order valence-corrected chi connectivity index (χ1v) is 6.36. The molecule has 0 spiro atoms. The van der Waals surface area contributed by atoms with Crippen molar-refractivity contribution in [2.24, 2.45) is 0 Å². The minimum absolute atomic E-state index is 0.168. The Morgan fingerprint density at radius 3 is 2.50 bits per heavy atom. The van der Waals surface area contributed by atoms with Crippen LogP contribution < -0.4 is 0 Å². The number of rotatable bonds is 9. The predicted molar refractivity (Wildman–Crippen MR) is 70.2 cm³/mol. The number of aliphatic carboxylic acids is 1. The number of carbonyl (C=O) groups is 2. The summed E-state index contributed by atoms with van der Waals surface area (Å²) >= 11 is 0. The molecule has 102 valence electrons. The highest BCUT2D eigenvalue weighted by atomic mass is 16.5. The molecular weight excluding hydrogens is 232 g/mol. The molecule has 0 aliphatic heterocycles. The molecule has 1 N–H and O–H groups in total. The first-order valence-electron chi connectivity index (χ1n) is 6.36. The van der Waals surface area contributed by atoms with E-state index in [2.05, 4.69) is 6.92 Å². The second kappa shape index (κ2) is 10.6. The molecule has 1 atom stereocenters. The molecule has 1 unspecified atom stereocenters. The summed E-state index contributed by atoms with van der Waals surface area (Å²) in [7, 11) is 0. The largest absolute Gasteiger partial charge is 0.478 e. The van der Waals surface area contributed by atoms with Crippen LogP contribution in [0.2, 0.25) is 0 Å². The Labute approximate surface area is 108 Å². The highest BCUT2D eigenvalue weighted by Crippen LogP contribution is 2.10. The van der Waals surface area contributed by atoms with Gasteiger partial charge in [0.15, 0.2) is 0 Å². The number of allylic oxidation sites excluding steroid dienone is 1. The molecule has 0 saturated heterocycles. The van der Waals surface area contributed by atoms with Gasteiger partial charge in [0.1, 0.15) is 6.10 Å². The van der Waals surface area contributed by atoms with E-state index in [0.29, 0.717) is 6.42 Å². The molecule has 18 heavy (non-hydrogen) atoms. The van der Waals surface area contributed by atoms with Crippen molar-refractivity contribution in [1.82, 2.24) is 0 Å². The van der Waals surface area contributed by atoms with Gasteiger partial charge in [-0.2, -0.15) is 0 Å². The van der Waals surface area contributed by atoms with Crippen LogP contribution in [-0.2, 0) is 14.3 Å². The Balaban J connectivity index is 4.24. The third kappa shape index (κ3) is 9.63. The van der Waals surface area contributed by atoms with Crippen LogP contribution in [0.3, 0.4) is 0 Å². The van der Waals surface area contributed by atoms with Gasteiger partial charge < -0.3 is 9.84 Å². The third-order valence-corrected chi connectivity index (χ3v) is 2.33. The van der Waals surface area contributed by atoms with Crippen LogP contribution in [0.4, 0.5) is 0 Å². The van der Waals surface area contributed by atoms with Crippen molar-refractivity contribution in [3.05, 3.63) is 24.3 Å². The minimum atomic E-state index is -1.15. The Morgan fingerprint density at radius 1 is 1.22 bits per heavy atom. The highest BCUT2D eigenvalue weighted by Gasteiger charge is 2.10. The van der Waals surface area contributed by atoms with E-state index in [-0.39, 0.29) is 6.10 Å². The Hall–Kier alpha value is -1.58. The molecule has 0 bridgehead atoms. The average Bonchev–Trinajstić information content (AvgIpc) is 2.33. The molecule has 0 radical (unpaired) electrons. The van der Waals surface area contributed by atoms with Crippen LogP contribution in [0.15, 0.2) is 24.3 Å². The van der Waals surface area contributed by atoms with E-state index >= 15 is 0 Å². The second-order valence-corrected chi connectivity index (χ2v) is 3.99. The maximum absolute atomic E-state index is 11.4. The average molecular weight is 254 g/mol. The van der Waals surface area contributed by atoms with Crippen LogP contribution >= 0.6 is 0 Å². The monoisotopic (exact) mass is 254 g/mol. The quantitative estimate of drug-likeness (QED) is 0.390. The highest BCUT2D eigenvalue weighted by molar-refractivity contribution is 5.90. The summed E-state index contributed by atoms with van der Waals surface area (Å²) in [4.78, 5) is 21.6. The van der Waals surface area contributed by atoms with E-state index in [1.165, 1.54) is 0 Å². The molecular formula is C14H22O4. The van der Waals surface area contributed by atoms with E-state index in [0.717, 1.165) is 37.8 Å². The van der Waals surface area contributed by atoms with Crippen molar-refractivity contribution in [3.8, 4) is 0 Å². The molecule has 0 saturated carbocycles. The molecule has 0 aromatic carbocycles. The number of hydrogen-bond donors (Lipinski definition) is 1. The summed E-state index contributed by atoms with van der Waals surface area (Å²) in [5, 5.41) is 8.41. The Morgan fingerprint density at radius 2 is 1.94 bits per heavy atom. The van der Waals surface area contributed by atoms with E-state index < -0.39 is 11.9 Å². The summed E-state index contributed by atoms with van der Waals surface area (Å²) in [6.45, 7) is 4.12. The maximum atomic E-state index is 11.4. The summed E-state index contributed by atoms with van der Waals surface area (Å²) < 4.78 is 5.21. The van der Waals surface area contributed by atoms with Crippen molar-refractivity contribution < 1.29 is 19.4 Å². The van der Waals surface area contributed by atoms with Gasteiger partial charge in [-0.3, -0.25) is 0 Å². The van der Waals surface area contributed by atoms with Gasteiger partial charge in [-0.15, -0.1) is 0 Å². The Bertz CT molecular complexity index is 305. The number of hydrogen-bond acceptors (Lipinski definition) is 3. The first kappa shape index (κ1) is 16.4. The number of unbranched alkanes of at least 4 members (excludes halogenated alkanes) is 1. The van der Waals surface area contributed by atoms with Crippen LogP contribution in [-0.4, -0.2) is 23.1 Å². The van der Waals surface area contributed by atoms with Crippen molar-refractivity contribution >= 4 is 11.9 Å². The van der Waals surface area contributed by atoms with E-state index in [1.807, 2.05) is 19.1 Å². The number of esters is 1. The number of carboxylic acid groups (broad SMARTS) is 1. The van der Waals surface area contributed by atoms with Crippen molar-refractivity contribution in [2.75, 3.05) is 0 Å². The summed E-state index contributed by atoms with van der Waals surface area (Å²) in [5.74, 6) is -1.74. The SMILES string of the molecule is CC/C=C\CC(CCCC)OC(=O)/C=C/C(=O)O. The second-order valence-electron chi connectivity index (χ2n) is 3.99. The van der Waals surface area contributed by atoms with Crippen molar-refractivity contribution in [3.63, 3.8) is 0 Å². The number of carbonyl (C=O) groups excluding carboxylic acids is 1. The number of ether oxygens (including phenoxy) is 1. The van der Waals surface area contributed by atoms with Crippen molar-refractivity contribution in [2.45, 2.75) is 52.1 Å². The molecule has 0 amide bonds. The summed E-state index contributed by atoms with van der Waals surface area (Å²) in [6.07, 6.45) is 10.1. The van der Waals surface area contributed by atoms with Crippen molar-refractivity contribution in [1.29, 1.82) is 0 Å². The van der Waals surface area contributed by atoms with Gasteiger partial charge in [-0.25, -0.2) is 9.59 Å². The van der Waals surface area contributed by atoms with Gasteiger partial charge in [0, 0.05) is 18.6 Å². The van der Waals surface area contributed by atoms with Gasteiger partial charge in [-0.1, -0.05) is 38.8 Å². The van der Waals surface area contributed by atoms with Crippen LogP contribution in [0.25, 0.3) is 0 Å². The molecule has 4 nitrogen and oxygen atoms in total. The van der Waals surface area contributed by atoms with Crippen LogP contribution in [0.1, 0.15) is 46.0 Å². The lowest BCUT2D eigenvalue weighted by Gasteiger charge is -2.14. The molecule has 0 heterocycles. The van der Waals surface area contributed by atoms with Gasteiger partial charge in [0.25, 0.3) is 0 Å². The fourth-order valence-corrected chi connectivity index (χ4v) is 1.41. The molecule has 0 fully saturated rings. The predicted octanol–water partition coefficient (Wildman–Crippen LogP) is 3.09. The molecule has 0 rings (SSSR count). The normalized spacial score (nSPS) is 13.0. The van der Waals surface area contributed by atoms with Gasteiger partial charge in [-0.05, 0) is 12.8 Å². The zero-order valence-electron chi connectivity index (χ0n) is 11.1. The van der Waals surface area contributed by atoms with Gasteiger partial charge >= 0.3 is 11.9 Å². The molecule has 0 aromatic heterocycles. The number of carboxylic acids is 1. The Kier molecular flexibility index (Phi) is 9.64. The summed E-state index contributed by atoms with van der Waals surface area (Å²) in [5.41, 5.74) is 0. The van der Waals surface area contributed by atoms with E-state index in [1.54, 1.807) is 0 Å². The molecule has 0 aliphatic carbocycles. The van der Waals surface area contributed by atoms with Gasteiger partial charge in [0.2, 0.25) is 0 Å². The first-order chi connectivity index (χ1) is 8.60. The van der Waals surface area contributed by atoms with Crippen LogP contribution in [0, 0.1) is 0 Å². The summed E-state index contributed by atoms with van der Waals surface area (Å²) in [6, 6.07) is 0. The third-order valence-electron chi connectivity index (χ3n) is 2.33. The zero-order valence-corrected chi connectivity index (χ0v) is 11.1. The lowest BCUT2D eigenvalue weighted by atomic mass is 10.1. The topological polar surface area (TPSA) is 63.6 Å². The molecule has 4 heteroatoms. The standard InChI is InChI=1S/C14H22O4/c1-3-5-7-9-12(8-6-4-2)18-14(17)11-10-13(15)16/h5,7,10-12H,3-4,6,8-9H2,1-2H3,(H,15,16)/b7-5-,11-10+. The van der Waals surface area contributed by atoms with Gasteiger partial charge in [0.05, 0.1) is 0 Å². The maximum Gasteiger partial charge on any atom is 0.331 e. The fraction of sp³-hybridized carbons (Fsp3) is 0.571. The molecule has 0 aliphatic rings. The minimum Gasteiger partial charge on any atom is -0.478 e. The fourth-order valence-electron chi connectivity index (χ4n) is 1.41. The van der Waals surface area contributed by atoms with E-state index in [4.69, 9.17) is 9.84 Å². The molecule has 0 aromatic rings. The lowest BCUT2D eigenvalue weighted by Crippen LogP contribution is -2.16. The van der Waals surface area contributed by atoms with E-state index in [9.17, 15) is 9.59 Å². The zero-order chi connectivity index (χ0) is 13.8. The lowest BCUT2D eigenvalue weighted by molar-refractivity contribution is -0.143.